The first-order valence-electron chi connectivity index (χ1n) is 9.46. The van der Waals surface area contributed by atoms with Crippen LogP contribution in [0.15, 0.2) is 29.9 Å². The number of rotatable bonds is 6. The zero-order valence-electron chi connectivity index (χ0n) is 15.5. The minimum Gasteiger partial charge on any atom is -0.477 e. The standard InChI is InChI=1S/C18H25N5O3S/c1-22-10-7-19-18(22)27(24,25)23-8-5-14(6-9-23)12-26-17-11-16(20-13-21-17)15-3-2-4-15/h7,10-11,13-15H,2-6,8-9,12H2,1H3. The molecule has 0 unspecified atom stereocenters. The molecule has 9 heteroatoms. The Bertz CT molecular complexity index is 886. The molecule has 27 heavy (non-hydrogen) atoms. The predicted octanol–water partition coefficient (Wildman–Crippen LogP) is 1.96. The molecule has 0 aromatic carbocycles. The van der Waals surface area contributed by atoms with Gasteiger partial charge in [0.05, 0.1) is 12.3 Å². The molecule has 4 rings (SSSR count). The SMILES string of the molecule is Cn1ccnc1S(=O)(=O)N1CCC(COc2cc(C3CCC3)ncn2)CC1. The van der Waals surface area contributed by atoms with Crippen molar-refractivity contribution in [1.82, 2.24) is 23.8 Å². The summed E-state index contributed by atoms with van der Waals surface area (Å²) in [7, 11) is -1.83. The molecule has 2 aliphatic rings. The Morgan fingerprint density at radius 3 is 2.56 bits per heavy atom. The van der Waals surface area contributed by atoms with E-state index in [1.807, 2.05) is 6.07 Å². The van der Waals surface area contributed by atoms with E-state index in [0.717, 1.165) is 18.5 Å². The number of piperidine rings is 1. The van der Waals surface area contributed by atoms with Crippen LogP contribution < -0.4 is 4.74 Å². The Kier molecular flexibility index (Phi) is 5.14. The second-order valence-corrected chi connectivity index (χ2v) is 9.22. The summed E-state index contributed by atoms with van der Waals surface area (Å²) in [6, 6.07) is 1.95. The van der Waals surface area contributed by atoms with Crippen LogP contribution in [-0.2, 0) is 17.1 Å². The second-order valence-electron chi connectivity index (χ2n) is 7.39. The van der Waals surface area contributed by atoms with Gasteiger partial charge < -0.3 is 9.30 Å². The highest BCUT2D eigenvalue weighted by atomic mass is 32.2. The van der Waals surface area contributed by atoms with Gasteiger partial charge in [0.1, 0.15) is 6.33 Å². The van der Waals surface area contributed by atoms with Crippen molar-refractivity contribution in [2.75, 3.05) is 19.7 Å². The van der Waals surface area contributed by atoms with Crippen LogP contribution >= 0.6 is 0 Å². The normalized spacial score (nSPS) is 19.7. The summed E-state index contributed by atoms with van der Waals surface area (Å²) in [5, 5.41) is 0.0988. The van der Waals surface area contributed by atoms with Crippen molar-refractivity contribution in [3.8, 4) is 5.88 Å². The maximum atomic E-state index is 12.7. The van der Waals surface area contributed by atoms with Crippen molar-refractivity contribution in [3.05, 3.63) is 30.5 Å². The van der Waals surface area contributed by atoms with Gasteiger partial charge in [-0.3, -0.25) is 0 Å². The summed E-state index contributed by atoms with van der Waals surface area (Å²) in [6.45, 7) is 1.53. The Hall–Kier alpha value is -2.00. The van der Waals surface area contributed by atoms with Crippen LogP contribution in [0.4, 0.5) is 0 Å². The number of nitrogens with zero attached hydrogens (tertiary/aromatic N) is 5. The smallest absolute Gasteiger partial charge is 0.276 e. The molecular weight excluding hydrogens is 366 g/mol. The maximum absolute atomic E-state index is 12.7. The summed E-state index contributed by atoms with van der Waals surface area (Å²) >= 11 is 0. The molecule has 146 valence electrons. The molecule has 1 saturated carbocycles. The molecule has 1 aliphatic heterocycles. The Morgan fingerprint density at radius 2 is 1.93 bits per heavy atom. The summed E-state index contributed by atoms with van der Waals surface area (Å²) in [5.74, 6) is 1.49. The molecule has 1 saturated heterocycles. The van der Waals surface area contributed by atoms with Crippen molar-refractivity contribution in [2.24, 2.45) is 13.0 Å². The fraction of sp³-hybridized carbons (Fsp3) is 0.611. The summed E-state index contributed by atoms with van der Waals surface area (Å²) in [5.41, 5.74) is 1.07. The largest absolute Gasteiger partial charge is 0.477 e. The maximum Gasteiger partial charge on any atom is 0.276 e. The highest BCUT2D eigenvalue weighted by molar-refractivity contribution is 7.89. The number of ether oxygens (including phenoxy) is 1. The van der Waals surface area contributed by atoms with Gasteiger partial charge in [-0.1, -0.05) is 6.42 Å². The molecule has 0 amide bonds. The van der Waals surface area contributed by atoms with Crippen LogP contribution in [0.5, 0.6) is 5.88 Å². The molecule has 0 spiro atoms. The summed E-state index contributed by atoms with van der Waals surface area (Å²) < 4.78 is 34.3. The second kappa shape index (κ2) is 7.55. The van der Waals surface area contributed by atoms with E-state index in [1.165, 1.54) is 29.8 Å². The fourth-order valence-electron chi connectivity index (χ4n) is 3.60. The Balaban J connectivity index is 1.30. The van der Waals surface area contributed by atoms with E-state index in [0.29, 0.717) is 37.4 Å². The van der Waals surface area contributed by atoms with Gasteiger partial charge in [0.15, 0.2) is 0 Å². The van der Waals surface area contributed by atoms with E-state index in [9.17, 15) is 8.42 Å². The number of hydrogen-bond acceptors (Lipinski definition) is 6. The lowest BCUT2D eigenvalue weighted by atomic mass is 9.83. The van der Waals surface area contributed by atoms with Crippen LogP contribution in [-0.4, -0.2) is 51.9 Å². The highest BCUT2D eigenvalue weighted by Gasteiger charge is 2.32. The molecule has 2 aromatic heterocycles. The van der Waals surface area contributed by atoms with E-state index < -0.39 is 10.0 Å². The minimum absolute atomic E-state index is 0.0988. The van der Waals surface area contributed by atoms with Crippen LogP contribution in [0.2, 0.25) is 0 Å². The zero-order valence-corrected chi connectivity index (χ0v) is 16.3. The van der Waals surface area contributed by atoms with Crippen LogP contribution in [0, 0.1) is 5.92 Å². The number of imidazole rings is 1. The van der Waals surface area contributed by atoms with Crippen molar-refractivity contribution >= 4 is 10.0 Å². The van der Waals surface area contributed by atoms with E-state index >= 15 is 0 Å². The van der Waals surface area contributed by atoms with Gasteiger partial charge in [0.25, 0.3) is 10.0 Å². The minimum atomic E-state index is -3.53. The molecule has 0 N–H and O–H groups in total. The molecule has 3 heterocycles. The lowest BCUT2D eigenvalue weighted by molar-refractivity contribution is 0.180. The van der Waals surface area contributed by atoms with Crippen molar-refractivity contribution < 1.29 is 13.2 Å². The third kappa shape index (κ3) is 3.84. The number of aryl methyl sites for hydroxylation is 1. The van der Waals surface area contributed by atoms with E-state index in [-0.39, 0.29) is 5.16 Å². The van der Waals surface area contributed by atoms with Crippen molar-refractivity contribution in [3.63, 3.8) is 0 Å². The van der Waals surface area contributed by atoms with E-state index in [1.54, 1.807) is 24.1 Å². The lowest BCUT2D eigenvalue weighted by Gasteiger charge is -2.30. The summed E-state index contributed by atoms with van der Waals surface area (Å²) in [6.07, 6.45) is 9.92. The molecule has 2 aromatic rings. The van der Waals surface area contributed by atoms with Gasteiger partial charge in [-0.15, -0.1) is 0 Å². The first-order chi connectivity index (χ1) is 13.0. The number of hydrogen-bond donors (Lipinski definition) is 0. The van der Waals surface area contributed by atoms with Gasteiger partial charge in [-0.25, -0.2) is 23.4 Å². The average molecular weight is 391 g/mol. The zero-order chi connectivity index (χ0) is 18.9. The van der Waals surface area contributed by atoms with Gasteiger partial charge in [-0.2, -0.15) is 4.31 Å². The Labute approximate surface area is 159 Å². The van der Waals surface area contributed by atoms with Crippen LogP contribution in [0.1, 0.15) is 43.7 Å². The fourth-order valence-corrected chi connectivity index (χ4v) is 5.14. The van der Waals surface area contributed by atoms with E-state index in [2.05, 4.69) is 15.0 Å². The molecule has 8 nitrogen and oxygen atoms in total. The van der Waals surface area contributed by atoms with Crippen LogP contribution in [0.3, 0.4) is 0 Å². The predicted molar refractivity (Wildman–Crippen MR) is 98.8 cm³/mol. The number of sulfonamides is 1. The molecule has 1 aliphatic carbocycles. The molecule has 0 bridgehead atoms. The van der Waals surface area contributed by atoms with Crippen molar-refractivity contribution in [2.45, 2.75) is 43.2 Å². The average Bonchev–Trinajstić information content (AvgIpc) is 3.06. The van der Waals surface area contributed by atoms with Crippen molar-refractivity contribution in [1.29, 1.82) is 0 Å². The monoisotopic (exact) mass is 391 g/mol. The third-order valence-corrected chi connectivity index (χ3v) is 7.47. The van der Waals surface area contributed by atoms with Gasteiger partial charge in [0.2, 0.25) is 11.0 Å². The summed E-state index contributed by atoms with van der Waals surface area (Å²) in [4.78, 5) is 12.6. The topological polar surface area (TPSA) is 90.2 Å². The first kappa shape index (κ1) is 18.4. The highest BCUT2D eigenvalue weighted by Crippen LogP contribution is 2.35. The third-order valence-electron chi connectivity index (χ3n) is 5.57. The molecule has 0 radical (unpaired) electrons. The first-order valence-corrected chi connectivity index (χ1v) is 10.9. The van der Waals surface area contributed by atoms with Crippen LogP contribution in [0.25, 0.3) is 0 Å². The lowest BCUT2D eigenvalue weighted by Crippen LogP contribution is -2.40. The van der Waals surface area contributed by atoms with Gasteiger partial charge in [0, 0.05) is 44.5 Å². The van der Waals surface area contributed by atoms with Gasteiger partial charge in [-0.05, 0) is 31.6 Å². The van der Waals surface area contributed by atoms with Gasteiger partial charge >= 0.3 is 0 Å². The molecule has 0 atom stereocenters. The quantitative estimate of drug-likeness (QED) is 0.748. The Morgan fingerprint density at radius 1 is 1.15 bits per heavy atom. The molecular formula is C18H25N5O3S. The number of aromatic nitrogens is 4. The molecule has 2 fully saturated rings. The van der Waals surface area contributed by atoms with E-state index in [4.69, 9.17) is 4.74 Å².